The van der Waals surface area contributed by atoms with E-state index in [0.29, 0.717) is 11.5 Å². The molecular formula is C17H13ClN2O5S. The molecule has 0 bridgehead atoms. The minimum absolute atomic E-state index is 0.00335. The van der Waals surface area contributed by atoms with Gasteiger partial charge in [-0.1, -0.05) is 22.9 Å². The number of methoxy groups -OCH3 is 2. The smallest absolute Gasteiger partial charge is 0.347 e. The fourth-order valence-electron chi connectivity index (χ4n) is 2.27. The number of ether oxygens (including phenoxy) is 2. The minimum Gasteiger partial charge on any atom is -0.497 e. The minimum atomic E-state index is -1.13. The molecule has 26 heavy (non-hydrogen) atoms. The first-order valence-electron chi connectivity index (χ1n) is 7.29. The Morgan fingerprint density at radius 1 is 1.31 bits per heavy atom. The largest absolute Gasteiger partial charge is 0.497 e. The Morgan fingerprint density at radius 3 is 2.73 bits per heavy atom. The van der Waals surface area contributed by atoms with Crippen LogP contribution >= 0.6 is 22.9 Å². The lowest BCUT2D eigenvalue weighted by Crippen LogP contribution is -2.14. The highest BCUT2D eigenvalue weighted by atomic mass is 35.5. The van der Waals surface area contributed by atoms with E-state index in [4.69, 9.17) is 26.2 Å². The molecule has 3 aromatic rings. The van der Waals surface area contributed by atoms with Crippen LogP contribution in [0.3, 0.4) is 0 Å². The SMILES string of the molecule is COc1ccc(C=Cc2nc3sc(C(=O)O)cn3c(=O)c2Cl)c(OC)c1. The van der Waals surface area contributed by atoms with Crippen molar-refractivity contribution in [1.29, 1.82) is 0 Å². The normalized spacial score (nSPS) is 11.2. The molecule has 0 saturated carbocycles. The molecule has 3 rings (SSSR count). The van der Waals surface area contributed by atoms with E-state index < -0.39 is 11.5 Å². The van der Waals surface area contributed by atoms with E-state index in [1.165, 1.54) is 13.3 Å². The van der Waals surface area contributed by atoms with Gasteiger partial charge in [0.05, 0.1) is 19.9 Å². The molecule has 0 aliphatic carbocycles. The number of nitrogens with zero attached hydrogens (tertiary/aromatic N) is 2. The van der Waals surface area contributed by atoms with Crippen LogP contribution in [0.1, 0.15) is 20.9 Å². The zero-order valence-electron chi connectivity index (χ0n) is 13.7. The number of fused-ring (bicyclic) bond motifs is 1. The highest BCUT2D eigenvalue weighted by Gasteiger charge is 2.15. The lowest BCUT2D eigenvalue weighted by atomic mass is 10.1. The summed E-state index contributed by atoms with van der Waals surface area (Å²) >= 11 is 7.00. The molecule has 7 nitrogen and oxygen atoms in total. The fraction of sp³-hybridized carbons (Fsp3) is 0.118. The molecule has 2 heterocycles. The molecule has 0 fully saturated rings. The number of benzene rings is 1. The highest BCUT2D eigenvalue weighted by molar-refractivity contribution is 7.18. The Hall–Kier alpha value is -2.84. The number of aromatic nitrogens is 2. The van der Waals surface area contributed by atoms with Crippen LogP contribution in [0.4, 0.5) is 0 Å². The van der Waals surface area contributed by atoms with E-state index in [1.807, 2.05) is 0 Å². The second kappa shape index (κ2) is 7.19. The van der Waals surface area contributed by atoms with Crippen molar-refractivity contribution >= 4 is 46.0 Å². The van der Waals surface area contributed by atoms with E-state index in [9.17, 15) is 9.59 Å². The molecule has 0 amide bonds. The number of hydrogen-bond acceptors (Lipinski definition) is 6. The van der Waals surface area contributed by atoms with Gasteiger partial charge >= 0.3 is 5.97 Å². The number of hydrogen-bond donors (Lipinski definition) is 1. The van der Waals surface area contributed by atoms with E-state index in [2.05, 4.69) is 4.98 Å². The molecule has 1 N–H and O–H groups in total. The lowest BCUT2D eigenvalue weighted by Gasteiger charge is -2.07. The molecule has 2 aromatic heterocycles. The van der Waals surface area contributed by atoms with Crippen LogP contribution in [0.2, 0.25) is 5.02 Å². The summed E-state index contributed by atoms with van der Waals surface area (Å²) in [6, 6.07) is 5.29. The van der Waals surface area contributed by atoms with Gasteiger partial charge in [-0.25, -0.2) is 9.78 Å². The summed E-state index contributed by atoms with van der Waals surface area (Å²) in [6.45, 7) is 0. The maximum atomic E-state index is 12.3. The van der Waals surface area contributed by atoms with Crippen molar-refractivity contribution in [1.82, 2.24) is 9.38 Å². The monoisotopic (exact) mass is 392 g/mol. The van der Waals surface area contributed by atoms with Gasteiger partial charge in [0.25, 0.3) is 5.56 Å². The average Bonchev–Trinajstić information content (AvgIpc) is 3.08. The summed E-state index contributed by atoms with van der Waals surface area (Å²) in [5.74, 6) is 0.101. The third-order valence-electron chi connectivity index (χ3n) is 3.57. The van der Waals surface area contributed by atoms with Gasteiger partial charge in [-0.3, -0.25) is 9.20 Å². The van der Waals surface area contributed by atoms with E-state index in [1.54, 1.807) is 37.5 Å². The summed E-state index contributed by atoms with van der Waals surface area (Å²) in [4.78, 5) is 27.9. The Kier molecular flexibility index (Phi) is 4.97. The van der Waals surface area contributed by atoms with Crippen LogP contribution in [0, 0.1) is 0 Å². The van der Waals surface area contributed by atoms with Gasteiger partial charge < -0.3 is 14.6 Å². The molecule has 0 spiro atoms. The molecule has 1 aromatic carbocycles. The van der Waals surface area contributed by atoms with Crippen molar-refractivity contribution in [3.8, 4) is 11.5 Å². The van der Waals surface area contributed by atoms with Crippen molar-refractivity contribution in [2.75, 3.05) is 14.2 Å². The number of thiazole rings is 1. The first-order chi connectivity index (χ1) is 12.4. The molecule has 9 heteroatoms. The molecule has 0 atom stereocenters. The number of halogens is 1. The predicted molar refractivity (Wildman–Crippen MR) is 99.8 cm³/mol. The van der Waals surface area contributed by atoms with Gasteiger partial charge in [-0.15, -0.1) is 0 Å². The van der Waals surface area contributed by atoms with Crippen LogP contribution in [-0.2, 0) is 0 Å². The lowest BCUT2D eigenvalue weighted by molar-refractivity contribution is 0.0701. The zero-order chi connectivity index (χ0) is 18.8. The second-order valence-electron chi connectivity index (χ2n) is 5.11. The Bertz CT molecular complexity index is 1090. The van der Waals surface area contributed by atoms with Crippen LogP contribution in [0.25, 0.3) is 17.1 Å². The van der Waals surface area contributed by atoms with E-state index in [0.717, 1.165) is 21.3 Å². The molecule has 0 radical (unpaired) electrons. The number of carbonyl (C=O) groups is 1. The molecule has 0 unspecified atom stereocenters. The topological polar surface area (TPSA) is 90.1 Å². The second-order valence-corrected chi connectivity index (χ2v) is 6.50. The van der Waals surface area contributed by atoms with Gasteiger partial charge in [-0.05, 0) is 24.3 Å². The van der Waals surface area contributed by atoms with Gasteiger partial charge in [0.1, 0.15) is 21.4 Å². The quantitative estimate of drug-likeness (QED) is 0.716. The first kappa shape index (κ1) is 18.0. The number of rotatable bonds is 5. The van der Waals surface area contributed by atoms with Crippen LogP contribution < -0.4 is 15.0 Å². The summed E-state index contributed by atoms with van der Waals surface area (Å²) in [7, 11) is 3.10. The maximum absolute atomic E-state index is 12.3. The number of aromatic carboxylic acids is 1. The van der Waals surface area contributed by atoms with Gasteiger partial charge in [-0.2, -0.15) is 0 Å². The standard InChI is InChI=1S/C17H13ClN2O5S/c1-24-10-5-3-9(12(7-10)25-2)4-6-11-14(18)15(21)20-8-13(16(22)23)26-17(20)19-11/h3-8H,1-2H3,(H,22,23). The third kappa shape index (κ3) is 3.29. The molecule has 0 saturated heterocycles. The summed E-state index contributed by atoms with van der Waals surface area (Å²) in [5, 5.41) is 8.97. The van der Waals surface area contributed by atoms with Crippen LogP contribution in [0.15, 0.2) is 29.2 Å². The van der Waals surface area contributed by atoms with Gasteiger partial charge in [0.15, 0.2) is 4.96 Å². The third-order valence-corrected chi connectivity index (χ3v) is 4.90. The summed E-state index contributed by atoms with van der Waals surface area (Å²) < 4.78 is 11.6. The highest BCUT2D eigenvalue weighted by Crippen LogP contribution is 2.27. The molecule has 0 aliphatic heterocycles. The summed E-state index contributed by atoms with van der Waals surface area (Å²) in [6.07, 6.45) is 4.49. The van der Waals surface area contributed by atoms with Crippen molar-refractivity contribution in [3.63, 3.8) is 0 Å². The summed E-state index contributed by atoms with van der Waals surface area (Å²) in [5.41, 5.74) is 0.457. The Balaban J connectivity index is 2.06. The molecule has 134 valence electrons. The van der Waals surface area contributed by atoms with E-state index >= 15 is 0 Å². The van der Waals surface area contributed by atoms with Crippen molar-refractivity contribution in [2.24, 2.45) is 0 Å². The Morgan fingerprint density at radius 2 is 2.08 bits per heavy atom. The molecular weight excluding hydrogens is 380 g/mol. The number of carboxylic acids is 1. The Labute approximate surface area is 156 Å². The predicted octanol–water partition coefficient (Wildman–Crippen LogP) is 3.30. The van der Waals surface area contributed by atoms with Gasteiger partial charge in [0, 0.05) is 17.8 Å². The van der Waals surface area contributed by atoms with Crippen molar-refractivity contribution in [2.45, 2.75) is 0 Å². The first-order valence-corrected chi connectivity index (χ1v) is 8.49. The van der Waals surface area contributed by atoms with Crippen molar-refractivity contribution < 1.29 is 19.4 Å². The average molecular weight is 393 g/mol. The maximum Gasteiger partial charge on any atom is 0.347 e. The number of carboxylic acid groups (broad SMARTS) is 1. The van der Waals surface area contributed by atoms with Gasteiger partial charge in [0.2, 0.25) is 0 Å². The van der Waals surface area contributed by atoms with Crippen molar-refractivity contribution in [3.05, 3.63) is 55.9 Å². The zero-order valence-corrected chi connectivity index (χ0v) is 15.3. The van der Waals surface area contributed by atoms with Crippen LogP contribution in [0.5, 0.6) is 11.5 Å². The fourth-order valence-corrected chi connectivity index (χ4v) is 3.29. The molecule has 0 aliphatic rings. The van der Waals surface area contributed by atoms with Crippen LogP contribution in [-0.4, -0.2) is 34.7 Å². The van der Waals surface area contributed by atoms with E-state index in [-0.39, 0.29) is 20.6 Å².